The van der Waals surface area contributed by atoms with Crippen LogP contribution in [0.3, 0.4) is 0 Å². The van der Waals surface area contributed by atoms with E-state index in [1.54, 1.807) is 18.5 Å². The Morgan fingerprint density at radius 1 is 1.30 bits per heavy atom. The molecule has 12 heteroatoms. The highest BCUT2D eigenvalue weighted by atomic mass is 32.2. The Labute approximate surface area is 216 Å². The first-order valence-corrected chi connectivity index (χ1v) is 13.5. The van der Waals surface area contributed by atoms with Gasteiger partial charge >= 0.3 is 0 Å². The number of carbonyl (C=O) groups excluding carboxylic acids is 1. The number of hydrogen-bond donors (Lipinski definition) is 4. The van der Waals surface area contributed by atoms with E-state index in [1.807, 2.05) is 31.2 Å². The van der Waals surface area contributed by atoms with Gasteiger partial charge in [0.15, 0.2) is 0 Å². The van der Waals surface area contributed by atoms with E-state index in [1.165, 1.54) is 13.1 Å². The second-order valence-electron chi connectivity index (χ2n) is 8.79. The molecule has 0 saturated heterocycles. The fourth-order valence-electron chi connectivity index (χ4n) is 3.93. The molecule has 4 rings (SSSR count). The molecule has 1 aliphatic heterocycles. The molecule has 0 fully saturated rings. The summed E-state index contributed by atoms with van der Waals surface area (Å²) < 4.78 is 25.2. The quantitative estimate of drug-likeness (QED) is 0.296. The fourth-order valence-corrected chi connectivity index (χ4v) is 4.41. The lowest BCUT2D eigenvalue weighted by Crippen LogP contribution is -2.34. The molecule has 0 saturated carbocycles. The number of aromatic nitrogens is 3. The SMILES string of the molecule is C=CC(=O)NC[C@@H]1Cc2cc(Nc3ncc(C)c(NCc4cccnc4N(C)S(C)(=O)=O)n3)ccc2N1. The molecular formula is C25H30N8O3S. The van der Waals surface area contributed by atoms with Gasteiger partial charge in [0, 0.05) is 61.1 Å². The molecule has 2 aromatic heterocycles. The van der Waals surface area contributed by atoms with Crippen LogP contribution in [0.25, 0.3) is 0 Å². The van der Waals surface area contributed by atoms with Crippen molar-refractivity contribution in [3.8, 4) is 0 Å². The zero-order chi connectivity index (χ0) is 26.6. The zero-order valence-electron chi connectivity index (χ0n) is 20.9. The third-order valence-electron chi connectivity index (χ3n) is 5.98. The number of amides is 1. The fraction of sp³-hybridized carbons (Fsp3) is 0.280. The summed E-state index contributed by atoms with van der Waals surface area (Å²) in [6.07, 6.45) is 6.46. The number of aryl methyl sites for hydroxylation is 1. The van der Waals surface area contributed by atoms with E-state index in [-0.39, 0.29) is 11.9 Å². The summed E-state index contributed by atoms with van der Waals surface area (Å²) in [5, 5.41) is 12.8. The number of sulfonamides is 1. The second kappa shape index (κ2) is 10.8. The van der Waals surface area contributed by atoms with Gasteiger partial charge in [-0.05, 0) is 49.2 Å². The van der Waals surface area contributed by atoms with Crippen molar-refractivity contribution in [2.24, 2.45) is 0 Å². The summed E-state index contributed by atoms with van der Waals surface area (Å²) in [5.74, 6) is 1.21. The Kier molecular flexibility index (Phi) is 7.58. The number of benzene rings is 1. The Morgan fingerprint density at radius 2 is 2.11 bits per heavy atom. The monoisotopic (exact) mass is 522 g/mol. The van der Waals surface area contributed by atoms with Crippen molar-refractivity contribution in [1.29, 1.82) is 0 Å². The van der Waals surface area contributed by atoms with Gasteiger partial charge in [-0.1, -0.05) is 12.6 Å². The smallest absolute Gasteiger partial charge is 0.243 e. The summed E-state index contributed by atoms with van der Waals surface area (Å²) in [5.41, 5.74) is 4.56. The van der Waals surface area contributed by atoms with E-state index in [2.05, 4.69) is 42.8 Å². The van der Waals surface area contributed by atoms with Crippen LogP contribution in [-0.4, -0.2) is 55.2 Å². The standard InChI is InChI=1S/C25H30N8O3S/c1-5-22(34)27-15-20-12-18-11-19(8-9-21(18)30-20)31-25-29-13-16(2)23(32-25)28-14-17-7-6-10-26-24(17)33(3)37(4,35)36/h5-11,13,20,30H,1,12,14-15H2,2-4H3,(H,27,34)(H2,28,29,31,32)/t20-/m0/s1. The lowest BCUT2D eigenvalue weighted by atomic mass is 10.1. The molecule has 194 valence electrons. The predicted octanol–water partition coefficient (Wildman–Crippen LogP) is 2.57. The second-order valence-corrected chi connectivity index (χ2v) is 10.8. The molecule has 4 N–H and O–H groups in total. The number of hydrogen-bond acceptors (Lipinski definition) is 9. The number of nitrogens with one attached hydrogen (secondary N) is 4. The largest absolute Gasteiger partial charge is 0.380 e. The highest BCUT2D eigenvalue weighted by Gasteiger charge is 2.21. The minimum absolute atomic E-state index is 0.111. The van der Waals surface area contributed by atoms with Crippen molar-refractivity contribution < 1.29 is 13.2 Å². The molecule has 1 amide bonds. The average molecular weight is 523 g/mol. The van der Waals surface area contributed by atoms with Gasteiger partial charge in [-0.25, -0.2) is 18.4 Å². The number of anilines is 5. The van der Waals surface area contributed by atoms with E-state index < -0.39 is 10.0 Å². The summed E-state index contributed by atoms with van der Waals surface area (Å²) in [7, 11) is -1.97. The van der Waals surface area contributed by atoms with Crippen molar-refractivity contribution in [3.63, 3.8) is 0 Å². The first-order chi connectivity index (χ1) is 17.6. The van der Waals surface area contributed by atoms with Crippen LogP contribution in [-0.2, 0) is 27.8 Å². The van der Waals surface area contributed by atoms with Gasteiger partial charge < -0.3 is 21.3 Å². The first-order valence-electron chi connectivity index (χ1n) is 11.7. The minimum atomic E-state index is -3.45. The molecule has 1 atom stereocenters. The van der Waals surface area contributed by atoms with Crippen LogP contribution in [0.1, 0.15) is 16.7 Å². The van der Waals surface area contributed by atoms with Gasteiger partial charge in [0.1, 0.15) is 11.6 Å². The number of fused-ring (bicyclic) bond motifs is 1. The van der Waals surface area contributed by atoms with Crippen LogP contribution in [0.4, 0.5) is 29.0 Å². The van der Waals surface area contributed by atoms with Gasteiger partial charge in [-0.3, -0.25) is 9.10 Å². The average Bonchev–Trinajstić information content (AvgIpc) is 3.29. The molecule has 1 aliphatic rings. The first kappa shape index (κ1) is 25.9. The molecule has 37 heavy (non-hydrogen) atoms. The van der Waals surface area contributed by atoms with Crippen LogP contribution >= 0.6 is 0 Å². The van der Waals surface area contributed by atoms with E-state index in [4.69, 9.17) is 0 Å². The van der Waals surface area contributed by atoms with E-state index in [0.717, 1.165) is 39.5 Å². The zero-order valence-corrected chi connectivity index (χ0v) is 21.8. The Bertz CT molecular complexity index is 1430. The number of rotatable bonds is 10. The van der Waals surface area contributed by atoms with Crippen LogP contribution in [0, 0.1) is 6.92 Å². The van der Waals surface area contributed by atoms with Crippen LogP contribution in [0.15, 0.2) is 55.4 Å². The summed E-state index contributed by atoms with van der Waals surface area (Å²) in [6, 6.07) is 9.66. The van der Waals surface area contributed by atoms with Crippen LogP contribution in [0.2, 0.25) is 0 Å². The molecule has 3 heterocycles. The normalized spacial score (nSPS) is 14.3. The van der Waals surface area contributed by atoms with E-state index in [9.17, 15) is 13.2 Å². The van der Waals surface area contributed by atoms with Crippen LogP contribution in [0.5, 0.6) is 0 Å². The third-order valence-corrected chi connectivity index (χ3v) is 7.14. The van der Waals surface area contributed by atoms with Gasteiger partial charge in [-0.15, -0.1) is 0 Å². The maximum absolute atomic E-state index is 12.0. The summed E-state index contributed by atoms with van der Waals surface area (Å²) in [6.45, 7) is 6.20. The Morgan fingerprint density at radius 3 is 2.86 bits per heavy atom. The van der Waals surface area contributed by atoms with Gasteiger partial charge in [-0.2, -0.15) is 4.98 Å². The minimum Gasteiger partial charge on any atom is -0.380 e. The van der Waals surface area contributed by atoms with E-state index >= 15 is 0 Å². The molecule has 0 spiro atoms. The van der Waals surface area contributed by atoms with Gasteiger partial charge in [0.05, 0.1) is 6.26 Å². The predicted molar refractivity (Wildman–Crippen MR) is 146 cm³/mol. The molecule has 3 aromatic rings. The van der Waals surface area contributed by atoms with Gasteiger partial charge in [0.25, 0.3) is 0 Å². The topological polar surface area (TPSA) is 141 Å². The van der Waals surface area contributed by atoms with Gasteiger partial charge in [0.2, 0.25) is 21.9 Å². The Hall–Kier alpha value is -4.19. The maximum Gasteiger partial charge on any atom is 0.243 e. The molecule has 11 nitrogen and oxygen atoms in total. The lowest BCUT2D eigenvalue weighted by Gasteiger charge is -2.19. The highest BCUT2D eigenvalue weighted by molar-refractivity contribution is 7.92. The Balaban J connectivity index is 1.44. The third kappa shape index (κ3) is 6.33. The van der Waals surface area contributed by atoms with E-state index in [0.29, 0.717) is 36.2 Å². The van der Waals surface area contributed by atoms with Crippen molar-refractivity contribution >= 4 is 44.9 Å². The molecular weight excluding hydrogens is 492 g/mol. The number of carbonyl (C=O) groups is 1. The molecule has 0 bridgehead atoms. The van der Waals surface area contributed by atoms with Crippen molar-refractivity contribution in [3.05, 3.63) is 72.1 Å². The molecule has 1 aromatic carbocycles. The number of nitrogens with zero attached hydrogens (tertiary/aromatic N) is 4. The molecule has 0 aliphatic carbocycles. The highest BCUT2D eigenvalue weighted by Crippen LogP contribution is 2.29. The molecule has 0 unspecified atom stereocenters. The number of pyridine rings is 1. The van der Waals surface area contributed by atoms with Crippen LogP contribution < -0.4 is 25.6 Å². The van der Waals surface area contributed by atoms with Crippen molar-refractivity contribution in [2.75, 3.05) is 40.1 Å². The molecule has 0 radical (unpaired) electrons. The summed E-state index contributed by atoms with van der Waals surface area (Å²) >= 11 is 0. The van der Waals surface area contributed by atoms with Crippen molar-refractivity contribution in [1.82, 2.24) is 20.3 Å². The van der Waals surface area contributed by atoms with Crippen molar-refractivity contribution in [2.45, 2.75) is 25.9 Å². The maximum atomic E-state index is 12.0. The summed E-state index contributed by atoms with van der Waals surface area (Å²) in [4.78, 5) is 24.7. The lowest BCUT2D eigenvalue weighted by molar-refractivity contribution is -0.116.